The van der Waals surface area contributed by atoms with E-state index in [0.29, 0.717) is 10.2 Å². The molecule has 1 aromatic heterocycles. The fourth-order valence-corrected chi connectivity index (χ4v) is 2.18. The van der Waals surface area contributed by atoms with E-state index in [9.17, 15) is 14.7 Å². The Kier molecular flexibility index (Phi) is 7.00. The number of aromatic nitrogens is 1. The molecule has 0 unspecified atom stereocenters. The van der Waals surface area contributed by atoms with E-state index in [1.54, 1.807) is 24.3 Å². The molecule has 7 nitrogen and oxygen atoms in total. The Morgan fingerprint density at radius 2 is 2.04 bits per heavy atom. The number of hydrogen-bond donors (Lipinski definition) is 2. The van der Waals surface area contributed by atoms with Crippen LogP contribution in [0.3, 0.4) is 0 Å². The number of ether oxygens (including phenoxy) is 2. The molecule has 0 saturated carbocycles. The van der Waals surface area contributed by atoms with Crippen molar-refractivity contribution in [3.05, 3.63) is 52.3 Å². The summed E-state index contributed by atoms with van der Waals surface area (Å²) in [5, 5.41) is 12.0. The third-order valence-corrected chi connectivity index (χ3v) is 3.52. The second-order valence-corrected chi connectivity index (χ2v) is 5.92. The second kappa shape index (κ2) is 9.44. The van der Waals surface area contributed by atoms with Gasteiger partial charge < -0.3 is 19.9 Å². The Morgan fingerprint density at radius 3 is 2.69 bits per heavy atom. The number of nitrogens with zero attached hydrogens (tertiary/aromatic N) is 1. The number of carbonyl (C=O) groups is 2. The van der Waals surface area contributed by atoms with Crippen LogP contribution in [0.15, 0.2) is 41.0 Å². The summed E-state index contributed by atoms with van der Waals surface area (Å²) >= 11 is 3.12. The number of amides is 1. The molecule has 0 fully saturated rings. The first-order valence-corrected chi connectivity index (χ1v) is 8.22. The van der Waals surface area contributed by atoms with Crippen LogP contribution in [0.4, 0.5) is 0 Å². The molecule has 2 N–H and O–H groups in total. The maximum absolute atomic E-state index is 11.9. The highest BCUT2D eigenvalue weighted by Crippen LogP contribution is 2.19. The third-order valence-electron chi connectivity index (χ3n) is 3.09. The largest absolute Gasteiger partial charge is 0.505 e. The van der Waals surface area contributed by atoms with Crippen LogP contribution >= 0.6 is 15.9 Å². The van der Waals surface area contributed by atoms with Crippen molar-refractivity contribution in [2.75, 3.05) is 13.2 Å². The number of nitrogens with one attached hydrogen (secondary N) is 1. The van der Waals surface area contributed by atoms with Gasteiger partial charge in [0.2, 0.25) is 0 Å². The first-order valence-electron chi connectivity index (χ1n) is 7.43. The van der Waals surface area contributed by atoms with E-state index in [0.717, 1.165) is 5.56 Å². The van der Waals surface area contributed by atoms with Gasteiger partial charge in [-0.2, -0.15) is 0 Å². The Bertz CT molecular complexity index is 830. The van der Waals surface area contributed by atoms with Crippen LogP contribution in [0.5, 0.6) is 11.5 Å². The lowest BCUT2D eigenvalue weighted by molar-refractivity contribution is -0.143. The number of esters is 1. The Morgan fingerprint density at radius 1 is 1.31 bits per heavy atom. The minimum absolute atomic E-state index is 0.0475. The normalized spacial score (nSPS) is 9.85. The van der Waals surface area contributed by atoms with Crippen molar-refractivity contribution in [1.82, 2.24) is 10.3 Å². The zero-order valence-corrected chi connectivity index (χ0v) is 15.2. The van der Waals surface area contributed by atoms with Crippen molar-refractivity contribution >= 4 is 27.8 Å². The van der Waals surface area contributed by atoms with Crippen LogP contribution in [0.1, 0.15) is 16.1 Å². The zero-order chi connectivity index (χ0) is 18.9. The molecule has 2 rings (SSSR count). The topological polar surface area (TPSA) is 97.8 Å². The molecule has 2 aromatic rings. The van der Waals surface area contributed by atoms with E-state index in [4.69, 9.17) is 15.9 Å². The van der Waals surface area contributed by atoms with Crippen molar-refractivity contribution in [2.24, 2.45) is 0 Å². The van der Waals surface area contributed by atoms with Crippen molar-refractivity contribution in [2.45, 2.75) is 6.61 Å². The monoisotopic (exact) mass is 418 g/mol. The third kappa shape index (κ3) is 5.79. The van der Waals surface area contributed by atoms with Crippen molar-refractivity contribution in [3.8, 4) is 23.8 Å². The highest BCUT2D eigenvalue weighted by atomic mass is 79.9. The van der Waals surface area contributed by atoms with Crippen LogP contribution in [0.2, 0.25) is 0 Å². The SMILES string of the molecule is C#CCOc1ccc(COC(=O)CNC(=O)c2ncc(Br)cc2O)cc1. The Labute approximate surface area is 158 Å². The van der Waals surface area contributed by atoms with Crippen LogP contribution in [0, 0.1) is 12.3 Å². The molecule has 0 atom stereocenters. The van der Waals surface area contributed by atoms with E-state index in [2.05, 4.69) is 32.2 Å². The van der Waals surface area contributed by atoms with Crippen LogP contribution in [-0.4, -0.2) is 35.1 Å². The van der Waals surface area contributed by atoms with E-state index in [-0.39, 0.29) is 31.2 Å². The summed E-state index contributed by atoms with van der Waals surface area (Å²) in [6.07, 6.45) is 6.47. The van der Waals surface area contributed by atoms with Gasteiger partial charge in [0.25, 0.3) is 5.91 Å². The molecular weight excluding hydrogens is 404 g/mol. The predicted octanol–water partition coefficient (Wildman–Crippen LogP) is 2.03. The first kappa shape index (κ1) is 19.3. The predicted molar refractivity (Wildman–Crippen MR) is 96.5 cm³/mol. The summed E-state index contributed by atoms with van der Waals surface area (Å²) in [5.41, 5.74) is 0.577. The van der Waals surface area contributed by atoms with Gasteiger partial charge in [0.15, 0.2) is 5.69 Å². The van der Waals surface area contributed by atoms with Gasteiger partial charge in [0.05, 0.1) is 0 Å². The maximum Gasteiger partial charge on any atom is 0.325 e. The van der Waals surface area contributed by atoms with E-state index < -0.39 is 11.9 Å². The Hall–Kier alpha value is -3.05. The maximum atomic E-state index is 11.9. The summed E-state index contributed by atoms with van der Waals surface area (Å²) in [7, 11) is 0. The number of benzene rings is 1. The smallest absolute Gasteiger partial charge is 0.325 e. The van der Waals surface area contributed by atoms with Crippen LogP contribution in [-0.2, 0) is 16.1 Å². The van der Waals surface area contributed by atoms with Crippen LogP contribution < -0.4 is 10.1 Å². The first-order chi connectivity index (χ1) is 12.5. The number of halogens is 1. The number of pyridine rings is 1. The molecule has 1 aromatic carbocycles. The van der Waals surface area contributed by atoms with E-state index >= 15 is 0 Å². The highest BCUT2D eigenvalue weighted by Gasteiger charge is 2.14. The molecule has 8 heteroatoms. The minimum atomic E-state index is -0.679. The van der Waals surface area contributed by atoms with Crippen molar-refractivity contribution in [3.63, 3.8) is 0 Å². The lowest BCUT2D eigenvalue weighted by Crippen LogP contribution is -2.31. The number of carbonyl (C=O) groups excluding carboxylic acids is 2. The summed E-state index contributed by atoms with van der Waals surface area (Å²) in [6, 6.07) is 8.23. The average Bonchev–Trinajstić information content (AvgIpc) is 2.63. The van der Waals surface area contributed by atoms with E-state index in [1.807, 2.05) is 0 Å². The highest BCUT2D eigenvalue weighted by molar-refractivity contribution is 9.10. The van der Waals surface area contributed by atoms with Gasteiger partial charge in [-0.15, -0.1) is 6.42 Å². The number of rotatable bonds is 7. The number of aromatic hydroxyl groups is 1. The molecule has 0 aliphatic heterocycles. The summed E-state index contributed by atoms with van der Waals surface area (Å²) in [6.45, 7) is -0.123. The summed E-state index contributed by atoms with van der Waals surface area (Å²) in [4.78, 5) is 27.4. The molecule has 0 radical (unpaired) electrons. The number of hydrogen-bond acceptors (Lipinski definition) is 6. The molecule has 0 saturated heterocycles. The molecular formula is C18H15BrN2O5. The summed E-state index contributed by atoms with van der Waals surface area (Å²) < 4.78 is 10.8. The molecule has 0 aliphatic rings. The zero-order valence-electron chi connectivity index (χ0n) is 13.6. The lowest BCUT2D eigenvalue weighted by Gasteiger charge is -2.08. The van der Waals surface area contributed by atoms with Crippen molar-refractivity contribution < 1.29 is 24.2 Å². The van der Waals surface area contributed by atoms with Gasteiger partial charge in [-0.1, -0.05) is 18.1 Å². The fraction of sp³-hybridized carbons (Fsp3) is 0.167. The molecule has 134 valence electrons. The van der Waals surface area contributed by atoms with Gasteiger partial charge >= 0.3 is 5.97 Å². The molecule has 26 heavy (non-hydrogen) atoms. The molecule has 0 bridgehead atoms. The van der Waals surface area contributed by atoms with Gasteiger partial charge in [0, 0.05) is 10.7 Å². The molecule has 1 heterocycles. The quantitative estimate of drug-likeness (QED) is 0.527. The van der Waals surface area contributed by atoms with Gasteiger partial charge in [-0.3, -0.25) is 9.59 Å². The molecule has 0 aliphatic carbocycles. The molecule has 1 amide bonds. The fourth-order valence-electron chi connectivity index (χ4n) is 1.86. The van der Waals surface area contributed by atoms with Crippen LogP contribution in [0.25, 0.3) is 0 Å². The standard InChI is InChI=1S/C18H15BrN2O5/c1-2-7-25-14-5-3-12(4-6-14)11-26-16(23)10-21-18(24)17-15(22)8-13(19)9-20-17/h1,3-6,8-9,22H,7,10-11H2,(H,21,24). The van der Waals surface area contributed by atoms with Gasteiger partial charge in [-0.05, 0) is 39.7 Å². The Balaban J connectivity index is 1.78. The summed E-state index contributed by atoms with van der Waals surface area (Å²) in [5.74, 6) is 1.39. The second-order valence-electron chi connectivity index (χ2n) is 5.00. The van der Waals surface area contributed by atoms with E-state index in [1.165, 1.54) is 12.3 Å². The van der Waals surface area contributed by atoms with Gasteiger partial charge in [-0.25, -0.2) is 4.98 Å². The molecule has 0 spiro atoms. The number of terminal acetylenes is 1. The lowest BCUT2D eigenvalue weighted by atomic mass is 10.2. The van der Waals surface area contributed by atoms with Gasteiger partial charge in [0.1, 0.15) is 31.3 Å². The average molecular weight is 419 g/mol. The van der Waals surface area contributed by atoms with Crippen molar-refractivity contribution in [1.29, 1.82) is 0 Å². The minimum Gasteiger partial charge on any atom is -0.505 e.